The van der Waals surface area contributed by atoms with E-state index < -0.39 is 12.1 Å². The van der Waals surface area contributed by atoms with Crippen molar-refractivity contribution in [2.24, 2.45) is 4.99 Å². The van der Waals surface area contributed by atoms with Gasteiger partial charge in [-0.15, -0.1) is 0 Å². The maximum absolute atomic E-state index is 13.1. The average Bonchev–Trinajstić information content (AvgIpc) is 3.15. The number of carbonyl (C=O) groups is 2. The Morgan fingerprint density at radius 3 is 1.78 bits per heavy atom. The van der Waals surface area contributed by atoms with Gasteiger partial charge in [0.15, 0.2) is 0 Å². The van der Waals surface area contributed by atoms with Gasteiger partial charge in [-0.05, 0) is 36.1 Å². The number of hydrogen-bond donors (Lipinski definition) is 3. The predicted molar refractivity (Wildman–Crippen MR) is 150 cm³/mol. The van der Waals surface area contributed by atoms with Crippen LogP contribution in [-0.2, 0) is 22.4 Å². The number of amides is 2. The Morgan fingerprint density at radius 2 is 1.19 bits per heavy atom. The van der Waals surface area contributed by atoms with E-state index in [9.17, 15) is 9.59 Å². The van der Waals surface area contributed by atoms with Crippen LogP contribution in [0.4, 0.5) is 5.69 Å². The van der Waals surface area contributed by atoms with Gasteiger partial charge in [0, 0.05) is 25.9 Å². The summed E-state index contributed by atoms with van der Waals surface area (Å²) in [7, 11) is 0. The smallest absolute Gasteiger partial charge is 0.245 e. The lowest BCUT2D eigenvalue weighted by Crippen LogP contribution is -2.42. The molecule has 0 spiro atoms. The Balaban J connectivity index is 1.97. The number of nitrogens with zero attached hydrogens (tertiary/aromatic N) is 1. The summed E-state index contributed by atoms with van der Waals surface area (Å²) in [5.41, 5.74) is 2.81. The van der Waals surface area contributed by atoms with Gasteiger partial charge in [0.1, 0.15) is 12.1 Å². The first kappa shape index (κ1) is 27.7. The first-order valence-corrected chi connectivity index (χ1v) is 13.1. The molecule has 2 atom stereocenters. The second-order valence-electron chi connectivity index (χ2n) is 9.01. The van der Waals surface area contributed by atoms with Crippen molar-refractivity contribution in [3.63, 3.8) is 0 Å². The number of nitrogens with one attached hydrogen (secondary N) is 3. The predicted octanol–water partition coefficient (Wildman–Crippen LogP) is 4.27. The summed E-state index contributed by atoms with van der Waals surface area (Å²) in [6.07, 6.45) is 2.72. The largest absolute Gasteiger partial charge is 0.372 e. The second-order valence-corrected chi connectivity index (χ2v) is 9.01. The van der Waals surface area contributed by atoms with E-state index >= 15 is 0 Å². The summed E-state index contributed by atoms with van der Waals surface area (Å²) in [6.45, 7) is 5.27. The molecule has 194 valence electrons. The monoisotopic (exact) mass is 498 g/mol. The number of anilines is 1. The Kier molecular flexibility index (Phi) is 11.4. The van der Waals surface area contributed by atoms with E-state index in [4.69, 9.17) is 4.99 Å². The van der Waals surface area contributed by atoms with Crippen LogP contribution < -0.4 is 21.3 Å². The molecule has 3 rings (SSSR count). The Hall–Kier alpha value is -3.93. The molecular weight excluding hydrogens is 460 g/mol. The second kappa shape index (κ2) is 15.2. The molecule has 0 heterocycles. The maximum atomic E-state index is 13.1. The third-order valence-electron chi connectivity index (χ3n) is 5.91. The topological polar surface area (TPSA) is 82.6 Å². The van der Waals surface area contributed by atoms with Crippen LogP contribution in [0.5, 0.6) is 0 Å². The molecule has 0 aliphatic rings. The van der Waals surface area contributed by atoms with Gasteiger partial charge in [0.2, 0.25) is 11.8 Å². The third kappa shape index (κ3) is 9.22. The molecule has 3 aromatic rings. The van der Waals surface area contributed by atoms with Gasteiger partial charge in [-0.3, -0.25) is 14.6 Å². The molecule has 0 saturated heterocycles. The maximum Gasteiger partial charge on any atom is 0.245 e. The van der Waals surface area contributed by atoms with Crippen molar-refractivity contribution in [2.45, 2.75) is 51.6 Å². The van der Waals surface area contributed by atoms with Gasteiger partial charge in [-0.1, -0.05) is 92.7 Å². The minimum absolute atomic E-state index is 0.0651. The van der Waals surface area contributed by atoms with Crippen molar-refractivity contribution in [3.8, 4) is 0 Å². The highest BCUT2D eigenvalue weighted by molar-refractivity contribution is 5.85. The fraction of sp³-hybridized carbons (Fsp3) is 0.323. The summed E-state index contributed by atoms with van der Waals surface area (Å²) < 4.78 is 0. The zero-order chi connectivity index (χ0) is 26.3. The van der Waals surface area contributed by atoms with Crippen molar-refractivity contribution in [1.82, 2.24) is 10.6 Å². The van der Waals surface area contributed by atoms with Crippen LogP contribution in [0.2, 0.25) is 0 Å². The lowest BCUT2D eigenvalue weighted by atomic mass is 10.0. The van der Waals surface area contributed by atoms with Crippen LogP contribution in [0.1, 0.15) is 37.8 Å². The number of carbonyl (C=O) groups excluding carboxylic acids is 2. The quantitative estimate of drug-likeness (QED) is 0.329. The molecule has 0 aromatic heterocycles. The van der Waals surface area contributed by atoms with Crippen LogP contribution in [0.3, 0.4) is 0 Å². The molecule has 0 radical (unpaired) electrons. The van der Waals surface area contributed by atoms with Crippen molar-refractivity contribution in [2.75, 3.05) is 18.4 Å². The third-order valence-corrected chi connectivity index (χ3v) is 5.91. The summed E-state index contributed by atoms with van der Waals surface area (Å²) in [5, 5.41) is 10.1. The molecule has 0 bridgehead atoms. The zero-order valence-corrected chi connectivity index (χ0v) is 21.8. The normalized spacial score (nSPS) is 12.9. The van der Waals surface area contributed by atoms with Crippen LogP contribution in [0, 0.1) is 0 Å². The van der Waals surface area contributed by atoms with Gasteiger partial charge in [-0.2, -0.15) is 0 Å². The number of rotatable bonds is 13. The van der Waals surface area contributed by atoms with Crippen LogP contribution in [0.15, 0.2) is 96.0 Å². The molecule has 0 unspecified atom stereocenters. The van der Waals surface area contributed by atoms with E-state index in [1.54, 1.807) is 0 Å². The molecule has 0 fully saturated rings. The van der Waals surface area contributed by atoms with Crippen molar-refractivity contribution >= 4 is 17.5 Å². The van der Waals surface area contributed by atoms with Crippen LogP contribution in [0.25, 0.3) is 0 Å². The minimum atomic E-state index is -0.599. The first-order valence-electron chi connectivity index (χ1n) is 13.1. The molecule has 0 aliphatic carbocycles. The van der Waals surface area contributed by atoms with E-state index in [1.165, 1.54) is 0 Å². The van der Waals surface area contributed by atoms with E-state index in [0.717, 1.165) is 24.0 Å². The highest BCUT2D eigenvalue weighted by Crippen LogP contribution is 2.11. The SMILES string of the molecule is CCCNC(=O)[C@H](Cc1ccccc1)N=c1cccccc1N[C@@H](Cc1ccccc1)C(=O)NCCC. The van der Waals surface area contributed by atoms with Gasteiger partial charge in [0.25, 0.3) is 0 Å². The minimum Gasteiger partial charge on any atom is -0.372 e. The Morgan fingerprint density at radius 1 is 0.676 bits per heavy atom. The highest BCUT2D eigenvalue weighted by atomic mass is 16.2. The molecular formula is C31H38N4O2. The summed E-state index contributed by atoms with van der Waals surface area (Å²) >= 11 is 0. The van der Waals surface area contributed by atoms with Crippen molar-refractivity contribution < 1.29 is 9.59 Å². The molecule has 3 aromatic carbocycles. The standard InChI is InChI=1S/C31H38N4O2/c1-3-20-32-30(36)28(22-24-14-8-5-9-15-24)34-26-18-12-7-13-19-27(26)35-29(31(37)33-21-4-2)23-25-16-10-6-11-17-25/h5-19,28-29H,3-4,20-23H2,1-2H3,(H,32,36)(H,33,37)(H,34,35)/t28-,29-/m0/s1. The van der Waals surface area contributed by atoms with E-state index in [2.05, 4.69) is 16.0 Å². The molecule has 3 N–H and O–H groups in total. The molecule has 0 saturated carbocycles. The Bertz CT molecular complexity index is 1180. The highest BCUT2D eigenvalue weighted by Gasteiger charge is 2.21. The fourth-order valence-corrected chi connectivity index (χ4v) is 3.96. The molecule has 0 aliphatic heterocycles. The average molecular weight is 499 g/mol. The van der Waals surface area contributed by atoms with E-state index in [-0.39, 0.29) is 11.8 Å². The number of benzene rings is 2. The van der Waals surface area contributed by atoms with Crippen LogP contribution >= 0.6 is 0 Å². The van der Waals surface area contributed by atoms with Crippen molar-refractivity contribution in [3.05, 3.63) is 107 Å². The first-order chi connectivity index (χ1) is 18.1. The lowest BCUT2D eigenvalue weighted by Gasteiger charge is -2.20. The van der Waals surface area contributed by atoms with E-state index in [1.807, 2.05) is 105 Å². The molecule has 6 nitrogen and oxygen atoms in total. The summed E-state index contributed by atoms with van der Waals surface area (Å²) in [4.78, 5) is 31.1. The number of hydrogen-bond acceptors (Lipinski definition) is 4. The van der Waals surface area contributed by atoms with Gasteiger partial charge in [0.05, 0.1) is 11.0 Å². The Labute approximate surface area is 220 Å². The van der Waals surface area contributed by atoms with Crippen LogP contribution in [-0.4, -0.2) is 37.0 Å². The molecule has 2 amide bonds. The van der Waals surface area contributed by atoms with Gasteiger partial charge >= 0.3 is 0 Å². The van der Waals surface area contributed by atoms with E-state index in [0.29, 0.717) is 37.0 Å². The zero-order valence-electron chi connectivity index (χ0n) is 21.8. The summed E-state index contributed by atoms with van der Waals surface area (Å²) in [5.74, 6) is -0.172. The summed E-state index contributed by atoms with van der Waals surface area (Å²) in [6, 6.07) is 28.3. The van der Waals surface area contributed by atoms with Gasteiger partial charge in [-0.25, -0.2) is 0 Å². The molecule has 37 heavy (non-hydrogen) atoms. The van der Waals surface area contributed by atoms with Crippen molar-refractivity contribution in [1.29, 1.82) is 0 Å². The van der Waals surface area contributed by atoms with Gasteiger partial charge < -0.3 is 16.0 Å². The fourth-order valence-electron chi connectivity index (χ4n) is 3.96. The lowest BCUT2D eigenvalue weighted by molar-refractivity contribution is -0.122. The molecule has 6 heteroatoms.